The van der Waals surface area contributed by atoms with Gasteiger partial charge in [0.05, 0.1) is 0 Å². The molecular weight excluding hydrogens is 267 g/mol. The minimum atomic E-state index is 0.391. The highest BCUT2D eigenvalue weighted by Gasteiger charge is 1.95. The quantitative estimate of drug-likeness (QED) is 0.639. The summed E-state index contributed by atoms with van der Waals surface area (Å²) in [7, 11) is 1.24. The normalized spacial score (nSPS) is 10.3. The SMILES string of the molecule is Oc1cc(I)cc(CC[SiH3])c1. The summed E-state index contributed by atoms with van der Waals surface area (Å²) in [5.74, 6) is 0.391. The molecule has 0 bridgehead atoms. The fourth-order valence-electron chi connectivity index (χ4n) is 1.07. The molecule has 0 fully saturated rings. The molecule has 0 atom stereocenters. The van der Waals surface area contributed by atoms with Gasteiger partial charge in [-0.2, -0.15) is 0 Å². The maximum absolute atomic E-state index is 9.23. The van der Waals surface area contributed by atoms with Gasteiger partial charge in [0, 0.05) is 13.8 Å². The Morgan fingerprint density at radius 2 is 2.09 bits per heavy atom. The lowest BCUT2D eigenvalue weighted by Crippen LogP contribution is -1.84. The molecule has 0 heterocycles. The Balaban J connectivity index is 2.89. The summed E-state index contributed by atoms with van der Waals surface area (Å²) in [6.45, 7) is 0. The number of phenolic OH excluding ortho intramolecular Hbond substituents is 1. The van der Waals surface area contributed by atoms with Crippen LogP contribution in [0.3, 0.4) is 0 Å². The molecule has 0 spiro atoms. The summed E-state index contributed by atoms with van der Waals surface area (Å²) in [4.78, 5) is 0. The molecule has 11 heavy (non-hydrogen) atoms. The van der Waals surface area contributed by atoms with Crippen LogP contribution < -0.4 is 0 Å². The van der Waals surface area contributed by atoms with Crippen LogP contribution in [-0.2, 0) is 6.42 Å². The molecule has 0 aliphatic heterocycles. The molecule has 0 unspecified atom stereocenters. The average molecular weight is 278 g/mol. The molecule has 1 nitrogen and oxygen atoms in total. The molecule has 1 aromatic carbocycles. The smallest absolute Gasteiger partial charge is 0.116 e. The van der Waals surface area contributed by atoms with Gasteiger partial charge in [0.25, 0.3) is 0 Å². The highest BCUT2D eigenvalue weighted by atomic mass is 127. The van der Waals surface area contributed by atoms with Crippen molar-refractivity contribution in [2.45, 2.75) is 12.5 Å². The minimum Gasteiger partial charge on any atom is -0.508 e. The van der Waals surface area contributed by atoms with Crippen LogP contribution in [0.5, 0.6) is 5.75 Å². The van der Waals surface area contributed by atoms with E-state index < -0.39 is 0 Å². The number of hydrogen-bond donors (Lipinski definition) is 1. The van der Waals surface area contributed by atoms with Gasteiger partial charge in [0.2, 0.25) is 0 Å². The predicted octanol–water partition coefficient (Wildman–Crippen LogP) is 1.32. The third kappa shape index (κ3) is 2.82. The molecule has 1 N–H and O–H groups in total. The van der Waals surface area contributed by atoms with E-state index in [9.17, 15) is 5.11 Å². The van der Waals surface area contributed by atoms with E-state index >= 15 is 0 Å². The molecule has 0 saturated heterocycles. The third-order valence-electron chi connectivity index (χ3n) is 1.48. The summed E-state index contributed by atoms with van der Waals surface area (Å²) in [6, 6.07) is 7.01. The van der Waals surface area contributed by atoms with Gasteiger partial charge in [-0.15, -0.1) is 0 Å². The Hall–Kier alpha value is -0.0331. The van der Waals surface area contributed by atoms with Crippen LogP contribution in [0.25, 0.3) is 0 Å². The first-order chi connectivity index (χ1) is 5.22. The van der Waals surface area contributed by atoms with Gasteiger partial charge in [0.15, 0.2) is 0 Å². The third-order valence-corrected chi connectivity index (χ3v) is 2.60. The van der Waals surface area contributed by atoms with E-state index in [1.165, 1.54) is 21.9 Å². The second-order valence-electron chi connectivity index (χ2n) is 2.57. The summed E-state index contributed by atoms with van der Waals surface area (Å²) in [6.07, 6.45) is 1.11. The van der Waals surface area contributed by atoms with Crippen LogP contribution in [0, 0.1) is 3.57 Å². The van der Waals surface area contributed by atoms with Gasteiger partial charge in [-0.3, -0.25) is 0 Å². The molecule has 0 radical (unpaired) electrons. The van der Waals surface area contributed by atoms with Gasteiger partial charge in [-0.1, -0.05) is 6.04 Å². The number of benzene rings is 1. The van der Waals surface area contributed by atoms with Crippen molar-refractivity contribution in [3.05, 3.63) is 27.3 Å². The monoisotopic (exact) mass is 278 g/mol. The van der Waals surface area contributed by atoms with Crippen LogP contribution >= 0.6 is 22.6 Å². The molecule has 1 rings (SSSR count). The fourth-order valence-corrected chi connectivity index (χ4v) is 2.36. The van der Waals surface area contributed by atoms with Crippen molar-refractivity contribution in [3.63, 3.8) is 0 Å². The summed E-state index contributed by atoms with van der Waals surface area (Å²) in [5.41, 5.74) is 1.25. The van der Waals surface area contributed by atoms with Crippen molar-refractivity contribution in [1.82, 2.24) is 0 Å². The number of rotatable bonds is 2. The Morgan fingerprint density at radius 3 is 2.64 bits per heavy atom. The Kier molecular flexibility index (Phi) is 3.38. The second-order valence-corrected chi connectivity index (χ2v) is 4.81. The summed E-state index contributed by atoms with van der Waals surface area (Å²) >= 11 is 2.22. The first-order valence-corrected chi connectivity index (χ1v) is 6.20. The topological polar surface area (TPSA) is 20.2 Å². The van der Waals surface area contributed by atoms with Crippen molar-refractivity contribution in [1.29, 1.82) is 0 Å². The van der Waals surface area contributed by atoms with Crippen LogP contribution in [0.4, 0.5) is 0 Å². The van der Waals surface area contributed by atoms with E-state index in [-0.39, 0.29) is 0 Å². The highest BCUT2D eigenvalue weighted by Crippen LogP contribution is 2.17. The van der Waals surface area contributed by atoms with Crippen LogP contribution in [0.2, 0.25) is 6.04 Å². The molecule has 1 aromatic rings. The van der Waals surface area contributed by atoms with E-state index in [0.717, 1.165) is 9.99 Å². The molecule has 0 saturated carbocycles. The first kappa shape index (κ1) is 9.06. The van der Waals surface area contributed by atoms with Gasteiger partial charge in [-0.25, -0.2) is 0 Å². The fraction of sp³-hybridized carbons (Fsp3) is 0.250. The zero-order chi connectivity index (χ0) is 8.27. The number of aromatic hydroxyl groups is 1. The second kappa shape index (κ2) is 4.11. The van der Waals surface area contributed by atoms with E-state index in [4.69, 9.17) is 0 Å². The first-order valence-electron chi connectivity index (χ1n) is 3.71. The molecule has 0 aromatic heterocycles. The standard InChI is InChI=1S/C8H11IOSi/c9-7-3-6(1-2-11)4-8(10)5-7/h3-5,10H,1-2H2,11H3. The van der Waals surface area contributed by atoms with Gasteiger partial charge in [0.1, 0.15) is 5.75 Å². The molecule has 0 amide bonds. The summed E-state index contributed by atoms with van der Waals surface area (Å²) in [5, 5.41) is 9.23. The highest BCUT2D eigenvalue weighted by molar-refractivity contribution is 14.1. The molecule has 3 heteroatoms. The molecule has 60 valence electrons. The van der Waals surface area contributed by atoms with E-state index in [0.29, 0.717) is 5.75 Å². The Bertz CT molecular complexity index is 230. The Labute approximate surface area is 83.4 Å². The Morgan fingerprint density at radius 1 is 1.36 bits per heavy atom. The van der Waals surface area contributed by atoms with Crippen molar-refractivity contribution >= 4 is 32.8 Å². The number of halogens is 1. The largest absolute Gasteiger partial charge is 0.508 e. The van der Waals surface area contributed by atoms with Crippen molar-refractivity contribution in [3.8, 4) is 5.75 Å². The van der Waals surface area contributed by atoms with E-state index in [1.54, 1.807) is 6.07 Å². The van der Waals surface area contributed by atoms with E-state index in [2.05, 4.69) is 28.7 Å². The zero-order valence-electron chi connectivity index (χ0n) is 6.47. The lowest BCUT2D eigenvalue weighted by Gasteiger charge is -2.00. The van der Waals surface area contributed by atoms with Crippen molar-refractivity contribution < 1.29 is 5.11 Å². The molecule has 0 aliphatic carbocycles. The van der Waals surface area contributed by atoms with Gasteiger partial charge in [-0.05, 0) is 52.8 Å². The number of phenols is 1. The lowest BCUT2D eigenvalue weighted by molar-refractivity contribution is 0.474. The summed E-state index contributed by atoms with van der Waals surface area (Å²) < 4.78 is 1.12. The van der Waals surface area contributed by atoms with E-state index in [1.807, 2.05) is 6.07 Å². The van der Waals surface area contributed by atoms with Crippen LogP contribution in [-0.4, -0.2) is 15.3 Å². The maximum Gasteiger partial charge on any atom is 0.116 e. The predicted molar refractivity (Wildman–Crippen MR) is 59.3 cm³/mol. The van der Waals surface area contributed by atoms with Crippen molar-refractivity contribution in [2.75, 3.05) is 0 Å². The van der Waals surface area contributed by atoms with Crippen LogP contribution in [0.1, 0.15) is 5.56 Å². The van der Waals surface area contributed by atoms with Gasteiger partial charge < -0.3 is 5.11 Å². The molecular formula is C8H11IOSi. The number of hydrogen-bond acceptors (Lipinski definition) is 1. The zero-order valence-corrected chi connectivity index (χ0v) is 10.6. The minimum absolute atomic E-state index is 0.391. The lowest BCUT2D eigenvalue weighted by atomic mass is 10.2. The average Bonchev–Trinajstić information content (AvgIpc) is 1.85. The van der Waals surface area contributed by atoms with Gasteiger partial charge >= 0.3 is 0 Å². The number of aryl methyl sites for hydroxylation is 1. The van der Waals surface area contributed by atoms with Crippen molar-refractivity contribution in [2.24, 2.45) is 0 Å². The molecule has 0 aliphatic rings. The van der Waals surface area contributed by atoms with Crippen LogP contribution in [0.15, 0.2) is 18.2 Å². The maximum atomic E-state index is 9.23.